The number of benzene rings is 2. The van der Waals surface area contributed by atoms with Crippen LogP contribution in [-0.4, -0.2) is 73.3 Å². The molecular formula is C45H67N3O9. The van der Waals surface area contributed by atoms with Crippen molar-refractivity contribution in [1.29, 1.82) is 0 Å². The minimum atomic E-state index is -1.01. The third-order valence-corrected chi connectivity index (χ3v) is 10.7. The molecule has 57 heavy (non-hydrogen) atoms. The molecule has 5 unspecified atom stereocenters. The van der Waals surface area contributed by atoms with E-state index < -0.39 is 24.0 Å². The van der Waals surface area contributed by atoms with E-state index in [0.29, 0.717) is 30.9 Å². The fourth-order valence-electron chi connectivity index (χ4n) is 7.69. The number of carbonyl (C=O) groups is 3. The molecule has 12 heteroatoms. The second-order valence-corrected chi connectivity index (χ2v) is 17.2. The Balaban J connectivity index is 1.35. The normalized spacial score (nSPS) is 21.4. The van der Waals surface area contributed by atoms with Crippen molar-refractivity contribution >= 4 is 18.0 Å². The lowest BCUT2D eigenvalue weighted by atomic mass is 9.70. The van der Waals surface area contributed by atoms with Crippen molar-refractivity contribution in [2.75, 3.05) is 26.4 Å². The number of likely N-dealkylation sites (tertiary alicyclic amines) is 1. The largest absolute Gasteiger partial charge is 0.490 e. The number of unbranched alkanes of at least 4 members (excludes halogenated alkanes) is 6. The average molecular weight is 794 g/mol. The van der Waals surface area contributed by atoms with Crippen LogP contribution in [0.3, 0.4) is 0 Å². The van der Waals surface area contributed by atoms with E-state index in [1.807, 2.05) is 50.2 Å². The molecule has 1 heterocycles. The molecule has 2 aliphatic rings. The molecule has 2 aromatic rings. The average Bonchev–Trinajstić information content (AvgIpc) is 3.37. The van der Waals surface area contributed by atoms with E-state index in [4.69, 9.17) is 28.5 Å². The maximum atomic E-state index is 13.8. The Hall–Kier alpha value is -4.35. The Morgan fingerprint density at radius 1 is 0.789 bits per heavy atom. The quantitative estimate of drug-likeness (QED) is 0.0269. The van der Waals surface area contributed by atoms with E-state index in [1.54, 1.807) is 32.6 Å². The minimum Gasteiger partial charge on any atom is -0.490 e. The first kappa shape index (κ1) is 45.4. The molecule has 1 aliphatic heterocycles. The summed E-state index contributed by atoms with van der Waals surface area (Å²) in [6.45, 7) is 15.6. The van der Waals surface area contributed by atoms with Gasteiger partial charge in [0, 0.05) is 17.4 Å². The molecule has 1 saturated carbocycles. The first-order chi connectivity index (χ1) is 27.2. The van der Waals surface area contributed by atoms with Gasteiger partial charge in [-0.25, -0.2) is 4.79 Å². The van der Waals surface area contributed by atoms with Crippen LogP contribution in [0.4, 0.5) is 4.79 Å². The predicted molar refractivity (Wildman–Crippen MR) is 218 cm³/mol. The van der Waals surface area contributed by atoms with Crippen LogP contribution in [0.15, 0.2) is 58.9 Å². The summed E-state index contributed by atoms with van der Waals surface area (Å²) in [6.07, 6.45) is 9.53. The smallest absolute Gasteiger partial charge is 0.410 e. The maximum Gasteiger partial charge on any atom is 0.410 e. The molecule has 0 spiro atoms. The Morgan fingerprint density at radius 2 is 1.40 bits per heavy atom. The van der Waals surface area contributed by atoms with Crippen LogP contribution >= 0.6 is 0 Å². The number of esters is 2. The van der Waals surface area contributed by atoms with Crippen molar-refractivity contribution in [3.63, 3.8) is 0 Å². The standard InChI is InChI=1S/C45H67N3O9/c1-9-10-11-12-13-14-15-16-35-19-23-38(24-20-35)55-40(29-54-42(50)33(4)5)57-47-46-36-25-44(7)30-45(8,26-36)48(31-44)43(51)56-39(28-53-41(49)32(2)3)27-52-37-21-17-34(6)18-22-37/h17-24,32-33,36,39-40H,9-16,25-31H2,1-8H3/b47-46+. The first-order valence-electron chi connectivity index (χ1n) is 21.0. The van der Waals surface area contributed by atoms with Crippen molar-refractivity contribution in [2.45, 2.75) is 150 Å². The third-order valence-electron chi connectivity index (χ3n) is 10.7. The Labute approximate surface area is 340 Å². The number of hydrogen-bond acceptors (Lipinski definition) is 11. The van der Waals surface area contributed by atoms with E-state index >= 15 is 0 Å². The van der Waals surface area contributed by atoms with Crippen LogP contribution < -0.4 is 9.47 Å². The molecule has 1 aliphatic carbocycles. The molecule has 12 nitrogen and oxygen atoms in total. The lowest BCUT2D eigenvalue weighted by molar-refractivity contribution is -0.165. The molecular weight excluding hydrogens is 727 g/mol. The van der Waals surface area contributed by atoms with Gasteiger partial charge in [0.2, 0.25) is 0 Å². The summed E-state index contributed by atoms with van der Waals surface area (Å²) in [7, 11) is 0. The monoisotopic (exact) mass is 793 g/mol. The fourth-order valence-corrected chi connectivity index (χ4v) is 7.69. The van der Waals surface area contributed by atoms with Crippen molar-refractivity contribution < 1.29 is 42.9 Å². The summed E-state index contributed by atoms with van der Waals surface area (Å²) >= 11 is 0. The summed E-state index contributed by atoms with van der Waals surface area (Å²) in [5.74, 6) is -0.173. The van der Waals surface area contributed by atoms with Crippen LogP contribution in [0.25, 0.3) is 0 Å². The summed E-state index contributed by atoms with van der Waals surface area (Å²) in [5, 5.41) is 8.66. The van der Waals surface area contributed by atoms with Crippen LogP contribution in [0.5, 0.6) is 11.5 Å². The molecule has 2 aromatic carbocycles. The highest BCUT2D eigenvalue weighted by Crippen LogP contribution is 2.52. The second kappa shape index (κ2) is 22.0. The predicted octanol–water partition coefficient (Wildman–Crippen LogP) is 9.99. The Morgan fingerprint density at radius 3 is 2.05 bits per heavy atom. The molecule has 0 radical (unpaired) electrons. The minimum absolute atomic E-state index is 0.0231. The highest BCUT2D eigenvalue weighted by Gasteiger charge is 2.56. The lowest BCUT2D eigenvalue weighted by Crippen LogP contribution is -2.48. The topological polar surface area (TPSA) is 135 Å². The van der Waals surface area contributed by atoms with Crippen LogP contribution in [0, 0.1) is 24.2 Å². The van der Waals surface area contributed by atoms with Crippen molar-refractivity contribution in [1.82, 2.24) is 4.90 Å². The van der Waals surface area contributed by atoms with E-state index in [2.05, 4.69) is 36.4 Å². The highest BCUT2D eigenvalue weighted by atomic mass is 16.8. The van der Waals surface area contributed by atoms with E-state index in [9.17, 15) is 14.4 Å². The van der Waals surface area contributed by atoms with Crippen LogP contribution in [-0.2, 0) is 35.1 Å². The number of rotatable bonds is 23. The van der Waals surface area contributed by atoms with Gasteiger partial charge >= 0.3 is 24.3 Å². The number of ether oxygens (including phenoxy) is 5. The fraction of sp³-hybridized carbons (Fsp3) is 0.667. The first-order valence-corrected chi connectivity index (χ1v) is 21.0. The molecule has 316 valence electrons. The van der Waals surface area contributed by atoms with E-state index in [0.717, 1.165) is 24.8 Å². The van der Waals surface area contributed by atoms with E-state index in [1.165, 1.54) is 44.1 Å². The number of nitrogens with zero attached hydrogens (tertiary/aromatic N) is 3. The zero-order valence-corrected chi connectivity index (χ0v) is 35.6. The summed E-state index contributed by atoms with van der Waals surface area (Å²) in [5.41, 5.74) is 1.53. The van der Waals surface area contributed by atoms with Crippen molar-refractivity contribution in [2.24, 2.45) is 27.6 Å². The van der Waals surface area contributed by atoms with Gasteiger partial charge in [-0.3, -0.25) is 9.59 Å². The molecule has 2 bridgehead atoms. The number of fused-ring (bicyclic) bond motifs is 2. The van der Waals surface area contributed by atoms with Crippen molar-refractivity contribution in [3.05, 3.63) is 59.7 Å². The zero-order valence-electron chi connectivity index (χ0n) is 35.6. The molecule has 2 fully saturated rings. The maximum absolute atomic E-state index is 13.8. The summed E-state index contributed by atoms with van der Waals surface area (Å²) in [4.78, 5) is 46.0. The molecule has 0 N–H and O–H groups in total. The Bertz CT molecular complexity index is 1580. The molecule has 5 atom stereocenters. The molecule has 4 rings (SSSR count). The van der Waals surface area contributed by atoms with Crippen LogP contribution in [0.1, 0.15) is 124 Å². The van der Waals surface area contributed by atoms with Gasteiger partial charge in [-0.1, -0.05) is 110 Å². The molecule has 1 saturated heterocycles. The van der Waals surface area contributed by atoms with Gasteiger partial charge in [0.1, 0.15) is 24.7 Å². The lowest BCUT2D eigenvalue weighted by Gasteiger charge is -2.39. The van der Waals surface area contributed by atoms with Gasteiger partial charge < -0.3 is 33.4 Å². The van der Waals surface area contributed by atoms with Gasteiger partial charge in [-0.2, -0.15) is 5.11 Å². The summed E-state index contributed by atoms with van der Waals surface area (Å²) in [6, 6.07) is 15.2. The van der Waals surface area contributed by atoms with Gasteiger partial charge in [-0.15, -0.1) is 0 Å². The Kier molecular flexibility index (Phi) is 17.5. The SMILES string of the molecule is CCCCCCCCCc1ccc(OC(COC(=O)C(C)C)O/N=N/C2CC3(C)CN(C(=O)OC(COC(=O)C(C)C)COc4ccc(C)cc4)C(C)(C2)C3)cc1. The van der Waals surface area contributed by atoms with Crippen molar-refractivity contribution in [3.8, 4) is 11.5 Å². The summed E-state index contributed by atoms with van der Waals surface area (Å²) < 4.78 is 28.9. The highest BCUT2D eigenvalue weighted by molar-refractivity contribution is 5.72. The van der Waals surface area contributed by atoms with E-state index in [-0.39, 0.29) is 55.1 Å². The zero-order chi connectivity index (χ0) is 41.4. The molecule has 0 aromatic heterocycles. The number of hydrogen-bond donors (Lipinski definition) is 0. The van der Waals surface area contributed by atoms with Crippen LogP contribution in [0.2, 0.25) is 0 Å². The van der Waals surface area contributed by atoms with Gasteiger partial charge in [0.05, 0.1) is 17.9 Å². The van der Waals surface area contributed by atoms with Gasteiger partial charge in [0.15, 0.2) is 12.7 Å². The number of aryl methyl sites for hydroxylation is 2. The third kappa shape index (κ3) is 14.8. The number of carbonyl (C=O) groups excluding carboxylic acids is 3. The second-order valence-electron chi connectivity index (χ2n) is 17.2. The number of amides is 1. The van der Waals surface area contributed by atoms with Gasteiger partial charge in [-0.05, 0) is 81.2 Å². The van der Waals surface area contributed by atoms with Gasteiger partial charge in [0.25, 0.3) is 0 Å². The molecule has 1 amide bonds.